The van der Waals surface area contributed by atoms with E-state index < -0.39 is 5.91 Å². The van der Waals surface area contributed by atoms with E-state index in [9.17, 15) is 9.59 Å². The summed E-state index contributed by atoms with van der Waals surface area (Å²) in [7, 11) is 0. The Morgan fingerprint density at radius 1 is 0.958 bits per heavy atom. The van der Waals surface area contributed by atoms with Gasteiger partial charge in [0, 0.05) is 38.3 Å². The summed E-state index contributed by atoms with van der Waals surface area (Å²) >= 11 is 0. The van der Waals surface area contributed by atoms with Gasteiger partial charge >= 0.3 is 11.8 Å². The van der Waals surface area contributed by atoms with Gasteiger partial charge in [-0.25, -0.2) is 0 Å². The van der Waals surface area contributed by atoms with E-state index in [0.29, 0.717) is 19.6 Å². The second-order valence-corrected chi connectivity index (χ2v) is 8.51. The van der Waals surface area contributed by atoms with Crippen LogP contribution >= 0.6 is 0 Å². The number of aliphatic hydroxyl groups is 1. The molecule has 0 atom stereocenters. The Labute approximate surface area is 143 Å². The fourth-order valence-corrected chi connectivity index (χ4v) is 6.02. The van der Waals surface area contributed by atoms with Crippen LogP contribution in [0.2, 0.25) is 0 Å². The quantitative estimate of drug-likeness (QED) is 0.723. The van der Waals surface area contributed by atoms with E-state index >= 15 is 0 Å². The summed E-state index contributed by atoms with van der Waals surface area (Å²) < 4.78 is 0. The smallest absolute Gasteiger partial charge is 0.311 e. The largest absolute Gasteiger partial charge is 0.395 e. The highest BCUT2D eigenvalue weighted by Gasteiger charge is 2.52. The molecule has 5 fully saturated rings. The summed E-state index contributed by atoms with van der Waals surface area (Å²) in [5.74, 6) is 1.51. The van der Waals surface area contributed by atoms with Gasteiger partial charge in [0.2, 0.25) is 0 Å². The van der Waals surface area contributed by atoms with Crippen LogP contribution < -0.4 is 5.32 Å². The summed E-state index contributed by atoms with van der Waals surface area (Å²) in [6.07, 6.45) is 7.20. The van der Waals surface area contributed by atoms with Gasteiger partial charge in [0.25, 0.3) is 0 Å². The molecule has 6 heteroatoms. The average Bonchev–Trinajstić information content (AvgIpc) is 2.53. The first-order valence-corrected chi connectivity index (χ1v) is 9.51. The van der Waals surface area contributed by atoms with Crippen molar-refractivity contribution in [1.82, 2.24) is 15.1 Å². The molecule has 2 amide bonds. The van der Waals surface area contributed by atoms with E-state index in [1.807, 2.05) is 0 Å². The normalized spacial score (nSPS) is 38.4. The van der Waals surface area contributed by atoms with Crippen molar-refractivity contribution in [1.29, 1.82) is 0 Å². The van der Waals surface area contributed by atoms with Crippen molar-refractivity contribution in [3.05, 3.63) is 0 Å². The molecule has 4 saturated carbocycles. The van der Waals surface area contributed by atoms with Crippen molar-refractivity contribution in [3.63, 3.8) is 0 Å². The van der Waals surface area contributed by atoms with Gasteiger partial charge in [0.05, 0.1) is 6.61 Å². The minimum Gasteiger partial charge on any atom is -0.395 e. The molecule has 5 aliphatic rings. The number of hydrogen-bond acceptors (Lipinski definition) is 4. The van der Waals surface area contributed by atoms with Crippen molar-refractivity contribution >= 4 is 11.8 Å². The molecule has 0 aromatic heterocycles. The van der Waals surface area contributed by atoms with Gasteiger partial charge in [-0.15, -0.1) is 0 Å². The topological polar surface area (TPSA) is 72.9 Å². The molecule has 134 valence electrons. The van der Waals surface area contributed by atoms with Gasteiger partial charge < -0.3 is 15.3 Å². The van der Waals surface area contributed by atoms with Gasteiger partial charge in [-0.2, -0.15) is 0 Å². The molecule has 6 nitrogen and oxygen atoms in total. The monoisotopic (exact) mass is 335 g/mol. The molecule has 0 aromatic rings. The molecule has 4 aliphatic carbocycles. The number of piperazine rings is 1. The van der Waals surface area contributed by atoms with E-state index in [4.69, 9.17) is 5.11 Å². The number of hydrogen-bond donors (Lipinski definition) is 2. The van der Waals surface area contributed by atoms with Crippen LogP contribution in [0.5, 0.6) is 0 Å². The van der Waals surface area contributed by atoms with Gasteiger partial charge in [0.15, 0.2) is 0 Å². The van der Waals surface area contributed by atoms with Crippen molar-refractivity contribution in [3.8, 4) is 0 Å². The van der Waals surface area contributed by atoms with Crippen LogP contribution in [0.4, 0.5) is 0 Å². The fourth-order valence-electron chi connectivity index (χ4n) is 6.02. The zero-order valence-electron chi connectivity index (χ0n) is 14.4. The Balaban J connectivity index is 1.34. The summed E-state index contributed by atoms with van der Waals surface area (Å²) in [6.45, 7) is 3.40. The number of nitrogens with one attached hydrogen (secondary N) is 1. The summed E-state index contributed by atoms with van der Waals surface area (Å²) in [5, 5.41) is 12.2. The summed E-state index contributed by atoms with van der Waals surface area (Å²) in [6, 6.07) is 0. The number of rotatable bonds is 3. The molecular formula is C18H29N3O3. The molecular weight excluding hydrogens is 306 g/mol. The average molecular weight is 335 g/mol. The predicted octanol–water partition coefficient (Wildman–Crippen LogP) is 0.208. The maximum absolute atomic E-state index is 12.6. The van der Waals surface area contributed by atoms with Gasteiger partial charge in [-0.3, -0.25) is 14.5 Å². The Morgan fingerprint density at radius 2 is 1.50 bits per heavy atom. The van der Waals surface area contributed by atoms with Gasteiger partial charge in [0.1, 0.15) is 0 Å². The highest BCUT2D eigenvalue weighted by molar-refractivity contribution is 6.35. The van der Waals surface area contributed by atoms with E-state index in [-0.39, 0.29) is 18.1 Å². The molecule has 24 heavy (non-hydrogen) atoms. The number of aliphatic hydroxyl groups excluding tert-OH is 1. The van der Waals surface area contributed by atoms with Crippen molar-refractivity contribution < 1.29 is 14.7 Å². The van der Waals surface area contributed by atoms with Gasteiger partial charge in [-0.05, 0) is 56.3 Å². The van der Waals surface area contributed by atoms with Crippen LogP contribution in [0.25, 0.3) is 0 Å². The maximum atomic E-state index is 12.6. The lowest BCUT2D eigenvalue weighted by Crippen LogP contribution is -2.62. The second kappa shape index (κ2) is 6.30. The van der Waals surface area contributed by atoms with Crippen LogP contribution in [0.1, 0.15) is 38.5 Å². The standard InChI is InChI=1S/C18H29N3O3/c22-6-5-20-1-3-21(4-2-20)17(24)16(23)19-18-10-13-7-14(11-18)9-15(8-13)12-18/h13-15,22H,1-12H2,(H,19,23). The SMILES string of the molecule is O=C(NC12CC3CC(CC(C3)C1)C2)C(=O)N1CCN(CCO)CC1. The zero-order valence-corrected chi connectivity index (χ0v) is 14.4. The zero-order chi connectivity index (χ0) is 16.7. The molecule has 0 unspecified atom stereocenters. The number of nitrogens with zero attached hydrogens (tertiary/aromatic N) is 2. The van der Waals surface area contributed by atoms with E-state index in [2.05, 4.69) is 10.2 Å². The summed E-state index contributed by atoms with van der Waals surface area (Å²) in [4.78, 5) is 28.9. The number of β-amino-alcohol motifs (C(OH)–C–C–N with tert-alkyl or cyclic N) is 1. The van der Waals surface area contributed by atoms with Crippen molar-refractivity contribution in [2.45, 2.75) is 44.1 Å². The molecule has 1 heterocycles. The first-order chi connectivity index (χ1) is 11.6. The van der Waals surface area contributed by atoms with Crippen LogP contribution in [-0.2, 0) is 9.59 Å². The highest BCUT2D eigenvalue weighted by atomic mass is 16.3. The predicted molar refractivity (Wildman–Crippen MR) is 89.2 cm³/mol. The van der Waals surface area contributed by atoms with Crippen LogP contribution in [0.3, 0.4) is 0 Å². The Hall–Kier alpha value is -1.14. The second-order valence-electron chi connectivity index (χ2n) is 8.51. The first kappa shape index (κ1) is 16.3. The molecule has 0 radical (unpaired) electrons. The Bertz CT molecular complexity index is 478. The molecule has 4 bridgehead atoms. The lowest BCUT2D eigenvalue weighted by atomic mass is 9.53. The van der Waals surface area contributed by atoms with Crippen LogP contribution in [0.15, 0.2) is 0 Å². The molecule has 5 rings (SSSR count). The van der Waals surface area contributed by atoms with Crippen molar-refractivity contribution in [2.24, 2.45) is 17.8 Å². The van der Waals surface area contributed by atoms with Crippen LogP contribution in [0, 0.1) is 17.8 Å². The van der Waals surface area contributed by atoms with E-state index in [1.165, 1.54) is 19.3 Å². The number of carbonyl (C=O) groups is 2. The van der Waals surface area contributed by atoms with Crippen molar-refractivity contribution in [2.75, 3.05) is 39.3 Å². The lowest BCUT2D eigenvalue weighted by molar-refractivity contribution is -0.149. The molecule has 0 aromatic carbocycles. The minimum atomic E-state index is -0.396. The number of carbonyl (C=O) groups excluding carboxylic acids is 2. The third-order valence-electron chi connectivity index (χ3n) is 6.69. The fraction of sp³-hybridized carbons (Fsp3) is 0.889. The van der Waals surface area contributed by atoms with Crippen LogP contribution in [-0.4, -0.2) is 71.6 Å². The van der Waals surface area contributed by atoms with E-state index in [0.717, 1.165) is 50.1 Å². The van der Waals surface area contributed by atoms with E-state index in [1.54, 1.807) is 4.90 Å². The Kier molecular flexibility index (Phi) is 4.29. The Morgan fingerprint density at radius 3 is 2.00 bits per heavy atom. The summed E-state index contributed by atoms with van der Waals surface area (Å²) in [5.41, 5.74) is -0.0970. The highest BCUT2D eigenvalue weighted by Crippen LogP contribution is 2.55. The molecule has 0 spiro atoms. The number of amides is 2. The minimum absolute atomic E-state index is 0.0970. The molecule has 1 aliphatic heterocycles. The third kappa shape index (κ3) is 3.06. The molecule has 2 N–H and O–H groups in total. The first-order valence-electron chi connectivity index (χ1n) is 9.51. The molecule has 1 saturated heterocycles. The third-order valence-corrected chi connectivity index (χ3v) is 6.69. The van der Waals surface area contributed by atoms with Gasteiger partial charge in [-0.1, -0.05) is 0 Å². The maximum Gasteiger partial charge on any atom is 0.311 e. The lowest BCUT2D eigenvalue weighted by Gasteiger charge is -2.56.